The number of benzene rings is 1. The molecular formula is C19H29N. The van der Waals surface area contributed by atoms with Crippen molar-refractivity contribution in [2.45, 2.75) is 58.4 Å². The number of nitrogens with one attached hydrogen (secondary N) is 1. The van der Waals surface area contributed by atoms with Gasteiger partial charge in [-0.15, -0.1) is 0 Å². The van der Waals surface area contributed by atoms with Crippen LogP contribution in [0.25, 0.3) is 0 Å². The van der Waals surface area contributed by atoms with E-state index in [-0.39, 0.29) is 0 Å². The molecular weight excluding hydrogens is 242 g/mol. The third kappa shape index (κ3) is 3.44. The smallest absolute Gasteiger partial charge is 0.00106 e. The number of hydrogen-bond donors (Lipinski definition) is 1. The lowest BCUT2D eigenvalue weighted by Crippen LogP contribution is -2.37. The summed E-state index contributed by atoms with van der Waals surface area (Å²) in [6.45, 7) is 5.78. The molecule has 2 aliphatic rings. The first kappa shape index (κ1) is 14.1. The normalized spacial score (nSPS) is 31.6. The predicted octanol–water partition coefficient (Wildman–Crippen LogP) is 4.42. The summed E-state index contributed by atoms with van der Waals surface area (Å²) in [6, 6.07) is 11.6. The van der Waals surface area contributed by atoms with E-state index in [4.69, 9.17) is 0 Å². The Bertz CT molecular complexity index is 413. The molecule has 3 rings (SSSR count). The molecule has 2 fully saturated rings. The second kappa shape index (κ2) is 5.89. The summed E-state index contributed by atoms with van der Waals surface area (Å²) >= 11 is 0. The summed E-state index contributed by atoms with van der Waals surface area (Å²) in [5.74, 6) is 2.17. The third-order valence-corrected chi connectivity index (χ3v) is 5.36. The molecule has 0 radical (unpaired) electrons. The molecule has 0 amide bonds. The van der Waals surface area contributed by atoms with E-state index in [1.807, 2.05) is 0 Å². The first-order valence-electron chi connectivity index (χ1n) is 8.44. The van der Waals surface area contributed by atoms with Gasteiger partial charge in [0.15, 0.2) is 0 Å². The number of rotatable bonds is 7. The highest BCUT2D eigenvalue weighted by Gasteiger charge is 2.52. The van der Waals surface area contributed by atoms with Crippen molar-refractivity contribution in [3.8, 4) is 0 Å². The fourth-order valence-electron chi connectivity index (χ4n) is 4.18. The van der Waals surface area contributed by atoms with E-state index in [1.165, 1.54) is 50.6 Å². The first-order valence-corrected chi connectivity index (χ1v) is 8.44. The fourth-order valence-corrected chi connectivity index (χ4v) is 4.18. The highest BCUT2D eigenvalue weighted by atomic mass is 14.9. The molecule has 0 spiro atoms. The van der Waals surface area contributed by atoms with Crippen molar-refractivity contribution < 1.29 is 0 Å². The van der Waals surface area contributed by atoms with Gasteiger partial charge in [0, 0.05) is 12.6 Å². The van der Waals surface area contributed by atoms with Gasteiger partial charge in [-0.25, -0.2) is 0 Å². The zero-order valence-electron chi connectivity index (χ0n) is 13.1. The van der Waals surface area contributed by atoms with Crippen LogP contribution in [0.15, 0.2) is 30.3 Å². The Morgan fingerprint density at radius 3 is 2.50 bits per heavy atom. The lowest BCUT2D eigenvalue weighted by atomic mass is 9.78. The highest BCUT2D eigenvalue weighted by Crippen LogP contribution is 2.61. The second-order valence-electron chi connectivity index (χ2n) is 7.54. The fraction of sp³-hybridized carbons (Fsp3) is 0.684. The van der Waals surface area contributed by atoms with Crippen LogP contribution >= 0.6 is 0 Å². The van der Waals surface area contributed by atoms with Crippen LogP contribution in [-0.4, -0.2) is 12.6 Å². The molecule has 1 nitrogen and oxygen atoms in total. The average Bonchev–Trinajstić information content (AvgIpc) is 3.06. The number of fused-ring (bicyclic) bond motifs is 1. The van der Waals surface area contributed by atoms with Crippen molar-refractivity contribution in [2.75, 3.05) is 6.54 Å². The summed E-state index contributed by atoms with van der Waals surface area (Å²) in [4.78, 5) is 0. The molecule has 0 bridgehead atoms. The molecule has 20 heavy (non-hydrogen) atoms. The minimum absolute atomic E-state index is 0.618. The van der Waals surface area contributed by atoms with Gasteiger partial charge < -0.3 is 5.32 Å². The minimum atomic E-state index is 0.618. The van der Waals surface area contributed by atoms with Crippen LogP contribution in [0.5, 0.6) is 0 Å². The Kier molecular flexibility index (Phi) is 4.16. The van der Waals surface area contributed by atoms with E-state index in [0.717, 1.165) is 11.8 Å². The van der Waals surface area contributed by atoms with Gasteiger partial charge >= 0.3 is 0 Å². The molecule has 2 saturated carbocycles. The Balaban J connectivity index is 1.51. The van der Waals surface area contributed by atoms with Crippen molar-refractivity contribution >= 4 is 0 Å². The maximum Gasteiger partial charge on any atom is 0.00106 e. The standard InChI is InChI=1S/C19H29N/c1-15(2)20-14-19(12-17-11-18(17)13-19)10-6-9-16-7-4-3-5-8-16/h3-5,7-8,15,17-18,20H,6,9-14H2,1-2H3. The van der Waals surface area contributed by atoms with Crippen molar-refractivity contribution in [3.05, 3.63) is 35.9 Å². The van der Waals surface area contributed by atoms with Gasteiger partial charge in [-0.2, -0.15) is 0 Å². The van der Waals surface area contributed by atoms with Crippen LogP contribution in [0.1, 0.15) is 51.5 Å². The third-order valence-electron chi connectivity index (χ3n) is 5.36. The molecule has 2 aliphatic carbocycles. The van der Waals surface area contributed by atoms with Crippen LogP contribution in [0, 0.1) is 17.3 Å². The van der Waals surface area contributed by atoms with Crippen LogP contribution in [0.4, 0.5) is 0 Å². The van der Waals surface area contributed by atoms with E-state index in [1.54, 1.807) is 0 Å². The van der Waals surface area contributed by atoms with Gasteiger partial charge in [0.25, 0.3) is 0 Å². The summed E-state index contributed by atoms with van der Waals surface area (Å²) in [6.07, 6.45) is 8.53. The molecule has 0 saturated heterocycles. The Morgan fingerprint density at radius 1 is 1.15 bits per heavy atom. The van der Waals surface area contributed by atoms with Crippen molar-refractivity contribution in [1.82, 2.24) is 5.32 Å². The molecule has 0 heterocycles. The first-order chi connectivity index (χ1) is 9.67. The minimum Gasteiger partial charge on any atom is -0.314 e. The predicted molar refractivity (Wildman–Crippen MR) is 85.8 cm³/mol. The Morgan fingerprint density at radius 2 is 1.85 bits per heavy atom. The zero-order valence-corrected chi connectivity index (χ0v) is 13.1. The molecule has 2 atom stereocenters. The zero-order chi connectivity index (χ0) is 14.0. The summed E-state index contributed by atoms with van der Waals surface area (Å²) < 4.78 is 0. The van der Waals surface area contributed by atoms with Crippen LogP contribution in [0.2, 0.25) is 0 Å². The molecule has 110 valence electrons. The van der Waals surface area contributed by atoms with Gasteiger partial charge in [-0.1, -0.05) is 44.2 Å². The molecule has 0 aliphatic heterocycles. The summed E-state index contributed by atoms with van der Waals surface area (Å²) in [7, 11) is 0. The van der Waals surface area contributed by atoms with Crippen molar-refractivity contribution in [3.63, 3.8) is 0 Å². The summed E-state index contributed by atoms with van der Waals surface area (Å²) in [5.41, 5.74) is 2.12. The quantitative estimate of drug-likeness (QED) is 0.774. The van der Waals surface area contributed by atoms with E-state index in [2.05, 4.69) is 49.5 Å². The lowest BCUT2D eigenvalue weighted by molar-refractivity contribution is 0.219. The summed E-state index contributed by atoms with van der Waals surface area (Å²) in [5, 5.41) is 3.72. The second-order valence-corrected chi connectivity index (χ2v) is 7.54. The molecule has 1 N–H and O–H groups in total. The number of hydrogen-bond acceptors (Lipinski definition) is 1. The van der Waals surface area contributed by atoms with Crippen molar-refractivity contribution in [2.24, 2.45) is 17.3 Å². The molecule has 1 heteroatoms. The molecule has 1 aromatic carbocycles. The van der Waals surface area contributed by atoms with E-state index in [0.29, 0.717) is 11.5 Å². The van der Waals surface area contributed by atoms with Crippen molar-refractivity contribution in [1.29, 1.82) is 0 Å². The van der Waals surface area contributed by atoms with Gasteiger partial charge in [0.05, 0.1) is 0 Å². The maximum absolute atomic E-state index is 3.72. The van der Waals surface area contributed by atoms with E-state index >= 15 is 0 Å². The van der Waals surface area contributed by atoms with Crippen LogP contribution < -0.4 is 5.32 Å². The lowest BCUT2D eigenvalue weighted by Gasteiger charge is -2.32. The van der Waals surface area contributed by atoms with Gasteiger partial charge in [-0.05, 0) is 61.3 Å². The van der Waals surface area contributed by atoms with Gasteiger partial charge in [0.2, 0.25) is 0 Å². The molecule has 0 aromatic heterocycles. The van der Waals surface area contributed by atoms with Crippen LogP contribution in [0.3, 0.4) is 0 Å². The van der Waals surface area contributed by atoms with Crippen LogP contribution in [-0.2, 0) is 6.42 Å². The Hall–Kier alpha value is -0.820. The number of aryl methyl sites for hydroxylation is 1. The molecule has 2 unspecified atom stereocenters. The SMILES string of the molecule is CC(C)NCC1(CCCc2ccccc2)CC2CC2C1. The van der Waals surface area contributed by atoms with Gasteiger partial charge in [0.1, 0.15) is 0 Å². The maximum atomic E-state index is 3.72. The van der Waals surface area contributed by atoms with E-state index in [9.17, 15) is 0 Å². The average molecular weight is 271 g/mol. The van der Waals surface area contributed by atoms with E-state index < -0.39 is 0 Å². The monoisotopic (exact) mass is 271 g/mol. The van der Waals surface area contributed by atoms with Gasteiger partial charge in [-0.3, -0.25) is 0 Å². The highest BCUT2D eigenvalue weighted by molar-refractivity contribution is 5.14. The molecule has 1 aromatic rings. The largest absolute Gasteiger partial charge is 0.314 e. The topological polar surface area (TPSA) is 12.0 Å². The Labute approximate surface area is 124 Å².